The number of aromatic carboxylic acids is 1. The Morgan fingerprint density at radius 2 is 1.56 bits per heavy atom. The lowest BCUT2D eigenvalue weighted by atomic mass is 10.2. The first kappa shape index (κ1) is 26.1. The largest absolute Gasteiger partial charge is 0.497 e. The van der Waals surface area contributed by atoms with Crippen LogP contribution >= 0.6 is 0 Å². The maximum Gasteiger partial charge on any atom is 0.335 e. The van der Waals surface area contributed by atoms with Crippen molar-refractivity contribution < 1.29 is 24.2 Å². The number of anilines is 1. The van der Waals surface area contributed by atoms with Crippen molar-refractivity contribution in [1.29, 1.82) is 0 Å². The molecule has 4 N–H and O–H groups in total. The third kappa shape index (κ3) is 10.7. The number of rotatable bonds is 6. The van der Waals surface area contributed by atoms with Gasteiger partial charge in [-0.1, -0.05) is 30.3 Å². The number of carboxylic acid groups (broad SMARTS) is 1. The summed E-state index contributed by atoms with van der Waals surface area (Å²) in [5.74, 6) is -0.378. The summed E-state index contributed by atoms with van der Waals surface area (Å²) in [6, 6.07) is 23.2. The monoisotopic (exact) mass is 436 g/mol. The molecule has 0 aliphatic rings. The average Bonchev–Trinajstić information content (AvgIpc) is 2.81. The Bertz CT molecular complexity index is 956. The SMILES string of the molecule is CC(=O)Nc1ccc(C=O)cc1.COc1ccc(C(=O)O)cc1.NCCc1ccccc1. The molecule has 3 aromatic rings. The average molecular weight is 437 g/mol. The normalized spacial score (nSPS) is 9.22. The van der Waals surface area contributed by atoms with Crippen LogP contribution in [-0.4, -0.2) is 36.9 Å². The van der Waals surface area contributed by atoms with Crippen LogP contribution < -0.4 is 15.8 Å². The molecule has 0 bridgehead atoms. The minimum absolute atomic E-state index is 0.117. The van der Waals surface area contributed by atoms with Gasteiger partial charge in [0.05, 0.1) is 12.7 Å². The summed E-state index contributed by atoms with van der Waals surface area (Å²) in [5.41, 5.74) is 8.25. The van der Waals surface area contributed by atoms with E-state index in [1.807, 2.05) is 18.2 Å². The van der Waals surface area contributed by atoms with E-state index in [1.54, 1.807) is 36.4 Å². The summed E-state index contributed by atoms with van der Waals surface area (Å²) in [6.45, 7) is 2.18. The fourth-order valence-corrected chi connectivity index (χ4v) is 2.39. The molecular weight excluding hydrogens is 408 g/mol. The summed E-state index contributed by atoms with van der Waals surface area (Å²) >= 11 is 0. The number of methoxy groups -OCH3 is 1. The number of nitrogens with one attached hydrogen (secondary N) is 1. The number of carboxylic acids is 1. The van der Waals surface area contributed by atoms with E-state index >= 15 is 0 Å². The van der Waals surface area contributed by atoms with Crippen molar-refractivity contribution in [3.05, 3.63) is 95.6 Å². The molecule has 0 saturated heterocycles. The van der Waals surface area contributed by atoms with E-state index in [-0.39, 0.29) is 11.5 Å². The van der Waals surface area contributed by atoms with Crippen molar-refractivity contribution in [1.82, 2.24) is 0 Å². The van der Waals surface area contributed by atoms with Crippen LogP contribution in [0.3, 0.4) is 0 Å². The molecule has 0 aliphatic carbocycles. The number of ether oxygens (including phenoxy) is 1. The quantitative estimate of drug-likeness (QED) is 0.502. The van der Waals surface area contributed by atoms with Gasteiger partial charge < -0.3 is 20.9 Å². The van der Waals surface area contributed by atoms with Gasteiger partial charge in [-0.2, -0.15) is 0 Å². The standard InChI is InChI=1S/C9H9NO2.C8H11N.C8H8O3/c1-7(12)10-9-4-2-8(6-11)3-5-9;9-7-6-8-4-2-1-3-5-8;1-11-7-4-2-6(3-5-7)8(9)10/h2-6H,1H3,(H,10,12);1-5H,6-7,9H2;2-5H,1H3,(H,9,10). The van der Waals surface area contributed by atoms with Crippen LogP contribution in [-0.2, 0) is 11.2 Å². The van der Waals surface area contributed by atoms with E-state index in [1.165, 1.54) is 31.7 Å². The molecule has 7 nitrogen and oxygen atoms in total. The smallest absolute Gasteiger partial charge is 0.335 e. The molecule has 7 heteroatoms. The molecule has 0 aliphatic heterocycles. The zero-order chi connectivity index (χ0) is 23.8. The van der Waals surface area contributed by atoms with Crippen LogP contribution in [0.1, 0.15) is 33.2 Å². The Morgan fingerprint density at radius 3 is 2.00 bits per heavy atom. The topological polar surface area (TPSA) is 119 Å². The molecular formula is C25H28N2O5. The van der Waals surface area contributed by atoms with E-state index in [9.17, 15) is 14.4 Å². The molecule has 0 unspecified atom stereocenters. The molecule has 0 heterocycles. The van der Waals surface area contributed by atoms with Crippen LogP contribution in [0.25, 0.3) is 0 Å². The maximum absolute atomic E-state index is 10.6. The van der Waals surface area contributed by atoms with Gasteiger partial charge in [-0.3, -0.25) is 9.59 Å². The Morgan fingerprint density at radius 1 is 0.969 bits per heavy atom. The van der Waals surface area contributed by atoms with Gasteiger partial charge in [-0.25, -0.2) is 4.79 Å². The van der Waals surface area contributed by atoms with E-state index in [2.05, 4.69) is 17.4 Å². The number of hydrogen-bond donors (Lipinski definition) is 3. The first-order valence-electron chi connectivity index (χ1n) is 9.83. The zero-order valence-electron chi connectivity index (χ0n) is 18.2. The van der Waals surface area contributed by atoms with Crippen molar-refractivity contribution in [3.63, 3.8) is 0 Å². The molecule has 168 valence electrons. The summed E-state index contributed by atoms with van der Waals surface area (Å²) in [5, 5.41) is 11.1. The number of nitrogens with two attached hydrogens (primary N) is 1. The van der Waals surface area contributed by atoms with E-state index < -0.39 is 5.97 Å². The number of aldehydes is 1. The minimum Gasteiger partial charge on any atom is -0.497 e. The van der Waals surface area contributed by atoms with Gasteiger partial charge in [0, 0.05) is 18.2 Å². The Labute approximate surface area is 187 Å². The van der Waals surface area contributed by atoms with E-state index in [0.717, 1.165) is 19.3 Å². The predicted octanol–water partition coefficient (Wildman–Crippen LogP) is 4.04. The predicted molar refractivity (Wildman–Crippen MR) is 125 cm³/mol. The second-order valence-corrected chi connectivity index (χ2v) is 6.48. The molecule has 0 aromatic heterocycles. The van der Waals surface area contributed by atoms with Crippen LogP contribution in [0.5, 0.6) is 5.75 Å². The fraction of sp³-hybridized carbons (Fsp3) is 0.160. The van der Waals surface area contributed by atoms with E-state index in [0.29, 0.717) is 17.0 Å². The lowest BCUT2D eigenvalue weighted by Crippen LogP contribution is -2.05. The van der Waals surface area contributed by atoms with Crippen LogP contribution in [0.4, 0.5) is 5.69 Å². The first-order chi connectivity index (χ1) is 15.4. The number of hydrogen-bond acceptors (Lipinski definition) is 5. The van der Waals surface area contributed by atoms with Gasteiger partial charge in [0.25, 0.3) is 0 Å². The van der Waals surface area contributed by atoms with Crippen molar-refractivity contribution in [2.75, 3.05) is 19.0 Å². The van der Waals surface area contributed by atoms with Crippen molar-refractivity contribution >= 4 is 23.9 Å². The summed E-state index contributed by atoms with van der Waals surface area (Å²) in [4.78, 5) is 31.2. The van der Waals surface area contributed by atoms with Crippen molar-refractivity contribution in [2.24, 2.45) is 5.73 Å². The first-order valence-corrected chi connectivity index (χ1v) is 9.83. The molecule has 1 amide bonds. The Balaban J connectivity index is 0.000000242. The highest BCUT2D eigenvalue weighted by Gasteiger charge is 2.00. The molecule has 0 radical (unpaired) electrons. The third-order valence-electron chi connectivity index (χ3n) is 3.98. The third-order valence-corrected chi connectivity index (χ3v) is 3.98. The lowest BCUT2D eigenvalue weighted by molar-refractivity contribution is -0.114. The maximum atomic E-state index is 10.6. The Hall–Kier alpha value is -3.97. The molecule has 0 fully saturated rings. The number of carbonyl (C=O) groups is 3. The summed E-state index contributed by atoms with van der Waals surface area (Å²) in [7, 11) is 1.54. The zero-order valence-corrected chi connectivity index (χ0v) is 18.2. The number of amides is 1. The highest BCUT2D eigenvalue weighted by molar-refractivity contribution is 5.89. The number of benzene rings is 3. The number of carbonyl (C=O) groups excluding carboxylic acids is 2. The second kappa shape index (κ2) is 14.9. The molecule has 0 atom stereocenters. The molecule has 32 heavy (non-hydrogen) atoms. The van der Waals surface area contributed by atoms with Gasteiger partial charge in [0.1, 0.15) is 12.0 Å². The highest BCUT2D eigenvalue weighted by Crippen LogP contribution is 2.10. The van der Waals surface area contributed by atoms with Crippen LogP contribution in [0, 0.1) is 0 Å². The van der Waals surface area contributed by atoms with Gasteiger partial charge in [-0.15, -0.1) is 0 Å². The molecule has 0 spiro atoms. The molecule has 0 saturated carbocycles. The Kier molecular flexibility index (Phi) is 12.2. The summed E-state index contributed by atoms with van der Waals surface area (Å²) < 4.78 is 4.86. The van der Waals surface area contributed by atoms with Gasteiger partial charge in [-0.05, 0) is 67.1 Å². The second-order valence-electron chi connectivity index (χ2n) is 6.48. The minimum atomic E-state index is -0.923. The van der Waals surface area contributed by atoms with Crippen LogP contribution in [0.2, 0.25) is 0 Å². The summed E-state index contributed by atoms with van der Waals surface area (Å²) in [6.07, 6.45) is 1.75. The van der Waals surface area contributed by atoms with Gasteiger partial charge in [0.2, 0.25) is 5.91 Å². The highest BCUT2D eigenvalue weighted by atomic mass is 16.5. The lowest BCUT2D eigenvalue weighted by Gasteiger charge is -2.00. The fourth-order valence-electron chi connectivity index (χ4n) is 2.39. The van der Waals surface area contributed by atoms with Gasteiger partial charge >= 0.3 is 5.97 Å². The van der Waals surface area contributed by atoms with Crippen LogP contribution in [0.15, 0.2) is 78.9 Å². The van der Waals surface area contributed by atoms with Crippen molar-refractivity contribution in [2.45, 2.75) is 13.3 Å². The van der Waals surface area contributed by atoms with Gasteiger partial charge in [0.15, 0.2) is 0 Å². The molecule has 3 rings (SSSR count). The molecule has 3 aromatic carbocycles. The van der Waals surface area contributed by atoms with E-state index in [4.69, 9.17) is 15.6 Å². The van der Waals surface area contributed by atoms with Crippen molar-refractivity contribution in [3.8, 4) is 5.75 Å².